The Morgan fingerprint density at radius 3 is 1.81 bits per heavy atom. The van der Waals surface area contributed by atoms with Crippen molar-refractivity contribution in [2.24, 2.45) is 41.4 Å². The van der Waals surface area contributed by atoms with E-state index >= 15 is 28.8 Å². The van der Waals surface area contributed by atoms with E-state index in [0.29, 0.717) is 64.0 Å². The predicted octanol–water partition coefficient (Wildman–Crippen LogP) is 7.19. The van der Waals surface area contributed by atoms with Gasteiger partial charge in [0.2, 0.25) is 70.9 Å². The lowest BCUT2D eigenvalue weighted by atomic mass is 9.79. The largest absolute Gasteiger partial charge is 0.522 e. The fraction of sp³-hybridized carbons (Fsp3) is 0.840. The zero-order chi connectivity index (χ0) is 77.6. The van der Waals surface area contributed by atoms with Gasteiger partial charge in [0.05, 0.1) is 19.1 Å². The average Bonchev–Trinajstić information content (AvgIpc) is 0.777. The molecular formula is C75H124F3IN12O13. The van der Waals surface area contributed by atoms with Gasteiger partial charge < -0.3 is 60.5 Å². The number of halogens is 4. The summed E-state index contributed by atoms with van der Waals surface area (Å²) in [6.45, 7) is 17.7. The quantitative estimate of drug-likeness (QED) is 0.0991. The number of piperidine rings is 1. The third-order valence-electron chi connectivity index (χ3n) is 23.4. The summed E-state index contributed by atoms with van der Waals surface area (Å²) in [5, 5.41) is 11.5. The predicted molar refractivity (Wildman–Crippen MR) is 395 cm³/mol. The Morgan fingerprint density at radius 1 is 0.587 bits per heavy atom. The monoisotopic (exact) mass is 1580 g/mol. The van der Waals surface area contributed by atoms with Crippen LogP contribution in [-0.2, 0) is 62.3 Å². The summed E-state index contributed by atoms with van der Waals surface area (Å²) >= 11 is 2.35. The summed E-state index contributed by atoms with van der Waals surface area (Å²) in [5.41, 5.74) is -1.89. The van der Waals surface area contributed by atoms with Crippen LogP contribution in [-0.4, -0.2) is 255 Å². The van der Waals surface area contributed by atoms with Crippen molar-refractivity contribution in [1.82, 2.24) is 60.5 Å². The Morgan fingerprint density at radius 2 is 1.22 bits per heavy atom. The highest BCUT2D eigenvalue weighted by atomic mass is 127. The molecule has 6 aliphatic rings. The van der Waals surface area contributed by atoms with Gasteiger partial charge in [-0.1, -0.05) is 129 Å². The first-order valence-electron chi connectivity index (χ1n) is 38.4. The Bertz CT molecular complexity index is 3000. The number of likely N-dealkylation sites (N-methyl/N-ethyl adjacent to an activating group) is 6. The first-order chi connectivity index (χ1) is 48.7. The van der Waals surface area contributed by atoms with Gasteiger partial charge in [0.25, 0.3) is 0 Å². The molecule has 12 amide bonds. The molecule has 0 bridgehead atoms. The lowest BCUT2D eigenvalue weighted by Gasteiger charge is -2.45. The van der Waals surface area contributed by atoms with Gasteiger partial charge in [0, 0.05) is 65.8 Å². The molecule has 104 heavy (non-hydrogen) atoms. The minimum Gasteiger partial charge on any atom is -0.343 e. The first kappa shape index (κ1) is 87.0. The number of hydrogen-bond donors (Lipinski definition) is 4. The number of alkyl halides is 4. The number of carbonyl (C=O) groups excluding carboxylic acids is 12. The topological polar surface area (TPSA) is 288 Å². The van der Waals surface area contributed by atoms with E-state index in [0.717, 1.165) is 54.7 Å². The van der Waals surface area contributed by atoms with Crippen LogP contribution >= 0.6 is 22.6 Å². The lowest BCUT2D eigenvalue weighted by Crippen LogP contribution is -2.65. The number of ether oxygens (including phenoxy) is 1. The van der Waals surface area contributed by atoms with E-state index in [1.807, 2.05) is 34.6 Å². The van der Waals surface area contributed by atoms with Gasteiger partial charge in [0.1, 0.15) is 59.9 Å². The molecule has 0 aromatic carbocycles. The molecule has 3 aliphatic heterocycles. The molecule has 3 aliphatic carbocycles. The minimum atomic E-state index is -5.04. The van der Waals surface area contributed by atoms with Crippen LogP contribution in [0, 0.1) is 41.4 Å². The number of rotatable bonds is 14. The van der Waals surface area contributed by atoms with Crippen LogP contribution in [0.25, 0.3) is 0 Å². The van der Waals surface area contributed by atoms with Gasteiger partial charge in [-0.3, -0.25) is 62.3 Å². The zero-order valence-corrected chi connectivity index (χ0v) is 67.0. The van der Waals surface area contributed by atoms with Crippen LogP contribution in [0.5, 0.6) is 0 Å². The Balaban J connectivity index is 1.47. The maximum atomic E-state index is 15.5. The van der Waals surface area contributed by atoms with E-state index in [4.69, 9.17) is 0 Å². The van der Waals surface area contributed by atoms with Crippen molar-refractivity contribution in [3.8, 4) is 0 Å². The highest BCUT2D eigenvalue weighted by molar-refractivity contribution is 14.1. The van der Waals surface area contributed by atoms with Crippen LogP contribution in [0.3, 0.4) is 0 Å². The summed E-state index contributed by atoms with van der Waals surface area (Å²) in [4.78, 5) is 191. The van der Waals surface area contributed by atoms with E-state index in [1.54, 1.807) is 11.8 Å². The van der Waals surface area contributed by atoms with Crippen LogP contribution in [0.2, 0.25) is 0 Å². The van der Waals surface area contributed by atoms with Gasteiger partial charge in [-0.05, 0) is 146 Å². The molecule has 0 aromatic rings. The summed E-state index contributed by atoms with van der Waals surface area (Å²) < 4.78 is 47.5. The van der Waals surface area contributed by atoms with Crippen molar-refractivity contribution < 1.29 is 75.4 Å². The van der Waals surface area contributed by atoms with E-state index in [9.17, 15) is 41.9 Å². The molecule has 3 saturated carbocycles. The molecule has 3 saturated heterocycles. The number of fused-ring (bicyclic) bond motifs is 1. The van der Waals surface area contributed by atoms with Crippen LogP contribution < -0.4 is 21.3 Å². The van der Waals surface area contributed by atoms with Gasteiger partial charge in [0.15, 0.2) is 0 Å². The average molecular weight is 1590 g/mol. The summed E-state index contributed by atoms with van der Waals surface area (Å²) in [6.07, 6.45) is 3.40. The number of nitrogens with one attached hydrogen (secondary N) is 4. The number of amides is 12. The highest BCUT2D eigenvalue weighted by Gasteiger charge is 2.49. The summed E-state index contributed by atoms with van der Waals surface area (Å²) in [7, 11) is 8.46. The fourth-order valence-corrected chi connectivity index (χ4v) is 17.0. The highest BCUT2D eigenvalue weighted by Crippen LogP contribution is 2.38. The second kappa shape index (κ2) is 38.8. The van der Waals surface area contributed by atoms with Crippen molar-refractivity contribution in [2.75, 3.05) is 68.5 Å². The van der Waals surface area contributed by atoms with Crippen molar-refractivity contribution in [1.29, 1.82) is 0 Å². The Hall–Kier alpha value is -5.88. The van der Waals surface area contributed by atoms with Gasteiger partial charge >= 0.3 is 6.36 Å². The molecule has 0 spiro atoms. The molecular weight excluding hydrogens is 1460 g/mol. The summed E-state index contributed by atoms with van der Waals surface area (Å²) in [6, 6.07) is -11.5. The van der Waals surface area contributed by atoms with Crippen molar-refractivity contribution >= 4 is 93.5 Å². The summed E-state index contributed by atoms with van der Waals surface area (Å²) in [5.74, 6) is -9.81. The Labute approximate surface area is 629 Å². The minimum absolute atomic E-state index is 0.000244. The third kappa shape index (κ3) is 23.3. The number of hydrogen-bond acceptors (Lipinski definition) is 13. The Kier molecular flexibility index (Phi) is 32.5. The first-order valence-corrected chi connectivity index (χ1v) is 39.7. The molecule has 4 N–H and O–H groups in total. The second-order valence-electron chi connectivity index (χ2n) is 32.6. The number of nitrogens with zero attached hydrogens (tertiary/aromatic N) is 8. The van der Waals surface area contributed by atoms with Crippen molar-refractivity contribution in [3.05, 3.63) is 0 Å². The molecule has 6 fully saturated rings. The van der Waals surface area contributed by atoms with Gasteiger partial charge in [-0.2, -0.15) is 0 Å². The number of carbonyl (C=O) groups is 12. The normalized spacial score (nSPS) is 31.8. The third-order valence-corrected chi connectivity index (χ3v) is 24.6. The lowest BCUT2D eigenvalue weighted by molar-refractivity contribution is -0.351. The number of likely N-dealkylation sites (tertiary alicyclic amines) is 1. The van der Waals surface area contributed by atoms with Crippen LogP contribution in [0.1, 0.15) is 217 Å². The standard InChI is InChI=1S/C75H124F3IN12O13/c1-17-47(7)63-72(102)85(12)48(8)66(96)91-35-32-56(91)70(100)88(15)58(40-49-30-28-46(6)29-31-49)69(99)84(11)43-61(92)80-53(39-50-24-23-26-52(79)38-50)64(94)81-55(41-51-25-19-20-27-60(51)104-75(76,77)78)68(98)89(16)74(9,10)73(103)82-54(36-44(2)3)67(97)87(14)59(71(101)90-33-21-18-22-34-90)42-62(93)86(13)57(37-45(4)5)65(95)83-63/h44-60,63H,17-43H2,1-16H3,(H,80,92)(H,81,94)(H,82,103)(H,83,95)/t46?,47-,48-,49?,50?,51?,52?,53-,54-,55-,56-,57-,58-,59-,60?,63-/m0/s1. The molecule has 4 unspecified atom stereocenters. The maximum Gasteiger partial charge on any atom is 0.522 e. The van der Waals surface area contributed by atoms with Gasteiger partial charge in [-0.25, -0.2) is 0 Å². The smallest absolute Gasteiger partial charge is 0.343 e. The van der Waals surface area contributed by atoms with E-state index in [-0.39, 0.29) is 85.5 Å². The van der Waals surface area contributed by atoms with E-state index in [1.165, 1.54) is 87.6 Å². The molecule has 0 radical (unpaired) electrons. The molecule has 0 aromatic heterocycles. The second-order valence-corrected chi connectivity index (χ2v) is 34.4. The fourth-order valence-electron chi connectivity index (χ4n) is 15.9. The zero-order valence-electron chi connectivity index (χ0n) is 64.9. The van der Waals surface area contributed by atoms with Crippen molar-refractivity contribution in [2.45, 2.75) is 293 Å². The molecule has 3 heterocycles. The van der Waals surface area contributed by atoms with E-state index in [2.05, 4.69) is 55.5 Å². The SMILES string of the molecule is CC[C@H](C)[C@@H]1NC(=O)[C@H](CC(C)C)N(C)C(=O)C[C@@H](C(=O)N2CCCCC2)N(C)C(=O)[C@H](CC(C)C)NC(=O)C(C)(C)N(C)C(=O)[C@H](CC2CCCCC2OC(F)(F)F)NC(=O)[C@H](CC2CCCC(I)C2)NC(=O)CN(C)C(=O)[C@H](CC2CCC(C)CC2)N(C)C(=O)[C@@H]2CCN2C(=O)[C@H](C)N(C)C1=O. The molecule has 590 valence electrons. The van der Waals surface area contributed by atoms with Crippen LogP contribution in [0.15, 0.2) is 0 Å². The maximum absolute atomic E-state index is 15.5. The van der Waals surface area contributed by atoms with Gasteiger partial charge in [-0.15, -0.1) is 13.2 Å². The molecule has 14 atom stereocenters. The molecule has 25 nitrogen and oxygen atoms in total. The van der Waals surface area contributed by atoms with Crippen molar-refractivity contribution in [3.63, 3.8) is 0 Å². The molecule has 6 rings (SSSR count). The van der Waals surface area contributed by atoms with E-state index < -0.39 is 168 Å². The van der Waals surface area contributed by atoms with Crippen LogP contribution in [0.4, 0.5) is 13.2 Å². The molecule has 29 heteroatoms.